The van der Waals surface area contributed by atoms with Gasteiger partial charge in [0, 0.05) is 24.5 Å². The molecular formula is C20H20F3N7O3S. The molecule has 34 heavy (non-hydrogen) atoms. The molecule has 0 bridgehead atoms. The number of primary amides is 1. The summed E-state index contributed by atoms with van der Waals surface area (Å²) in [5.74, 6) is -1.75. The normalized spacial score (nSPS) is 11.6. The second-order valence-corrected chi connectivity index (χ2v) is 8.87. The van der Waals surface area contributed by atoms with Gasteiger partial charge in [-0.3, -0.25) is 9.52 Å². The van der Waals surface area contributed by atoms with Gasteiger partial charge in [0.25, 0.3) is 5.91 Å². The van der Waals surface area contributed by atoms with E-state index in [0.717, 1.165) is 0 Å². The Morgan fingerprint density at radius 3 is 2.50 bits per heavy atom. The lowest BCUT2D eigenvalue weighted by atomic mass is 10.1. The van der Waals surface area contributed by atoms with Crippen LogP contribution in [-0.2, 0) is 22.7 Å². The van der Waals surface area contributed by atoms with Gasteiger partial charge in [0.2, 0.25) is 16.0 Å². The van der Waals surface area contributed by atoms with Crippen molar-refractivity contribution in [1.29, 1.82) is 0 Å². The Labute approximate surface area is 192 Å². The number of anilines is 4. The van der Waals surface area contributed by atoms with Gasteiger partial charge in [0.05, 0.1) is 17.0 Å². The fourth-order valence-electron chi connectivity index (χ4n) is 2.78. The van der Waals surface area contributed by atoms with Gasteiger partial charge in [-0.05, 0) is 25.1 Å². The largest absolute Gasteiger partial charge is 0.421 e. The van der Waals surface area contributed by atoms with Crippen LogP contribution < -0.4 is 21.1 Å². The molecule has 14 heteroatoms. The number of nitrogens with one attached hydrogen (secondary N) is 3. The summed E-state index contributed by atoms with van der Waals surface area (Å²) < 4.78 is 66.7. The highest BCUT2D eigenvalue weighted by molar-refractivity contribution is 7.92. The summed E-state index contributed by atoms with van der Waals surface area (Å²) in [6.07, 6.45) is -2.83. The number of hydrogen-bond acceptors (Lipinski definition) is 8. The maximum atomic E-state index is 13.5. The lowest BCUT2D eigenvalue weighted by Gasteiger charge is -2.16. The quantitative estimate of drug-likeness (QED) is 0.353. The average Bonchev–Trinajstić information content (AvgIpc) is 2.78. The van der Waals surface area contributed by atoms with Crippen LogP contribution in [0.2, 0.25) is 0 Å². The van der Waals surface area contributed by atoms with Crippen LogP contribution in [-0.4, -0.2) is 35.0 Å². The maximum absolute atomic E-state index is 13.5. The molecule has 0 saturated heterocycles. The van der Waals surface area contributed by atoms with Crippen molar-refractivity contribution in [2.24, 2.45) is 5.73 Å². The van der Waals surface area contributed by atoms with Crippen molar-refractivity contribution in [3.8, 4) is 0 Å². The first-order chi connectivity index (χ1) is 16.0. The minimum atomic E-state index is -4.77. The predicted molar refractivity (Wildman–Crippen MR) is 120 cm³/mol. The third kappa shape index (κ3) is 6.10. The molecule has 0 unspecified atom stereocenters. The molecule has 1 aromatic carbocycles. The molecule has 0 aliphatic heterocycles. The SMILES string of the molecule is CCS(=O)(=O)Nc1ncccc1CNc1nc(Nc2ccccc2C(N)=O)ncc1C(F)(F)F. The number of carbonyl (C=O) groups is 1. The minimum Gasteiger partial charge on any atom is -0.366 e. The number of carbonyl (C=O) groups excluding carboxylic acids is 1. The second kappa shape index (κ2) is 9.91. The van der Waals surface area contributed by atoms with Crippen molar-refractivity contribution in [2.45, 2.75) is 19.6 Å². The molecular weight excluding hydrogens is 475 g/mol. The van der Waals surface area contributed by atoms with E-state index in [2.05, 4.69) is 30.3 Å². The molecule has 3 rings (SSSR count). The van der Waals surface area contributed by atoms with E-state index in [9.17, 15) is 26.4 Å². The first-order valence-corrected chi connectivity index (χ1v) is 11.4. The molecule has 1 amide bonds. The summed E-state index contributed by atoms with van der Waals surface area (Å²) in [5, 5.41) is 5.25. The number of rotatable bonds is 9. The van der Waals surface area contributed by atoms with Crippen LogP contribution >= 0.6 is 0 Å². The number of pyridine rings is 1. The number of amides is 1. The van der Waals surface area contributed by atoms with Crippen molar-refractivity contribution >= 4 is 39.2 Å². The molecule has 0 aliphatic carbocycles. The van der Waals surface area contributed by atoms with E-state index in [0.29, 0.717) is 11.8 Å². The van der Waals surface area contributed by atoms with Gasteiger partial charge in [-0.1, -0.05) is 18.2 Å². The summed E-state index contributed by atoms with van der Waals surface area (Å²) in [7, 11) is -3.66. The Balaban J connectivity index is 1.92. The molecule has 180 valence electrons. The Morgan fingerprint density at radius 1 is 1.09 bits per heavy atom. The molecule has 0 aliphatic rings. The van der Waals surface area contributed by atoms with Crippen molar-refractivity contribution in [3.05, 3.63) is 65.5 Å². The highest BCUT2D eigenvalue weighted by Gasteiger charge is 2.35. The third-order valence-electron chi connectivity index (χ3n) is 4.50. The van der Waals surface area contributed by atoms with Gasteiger partial charge < -0.3 is 16.4 Å². The molecule has 10 nitrogen and oxygen atoms in total. The van der Waals surface area contributed by atoms with Crippen LogP contribution in [0.3, 0.4) is 0 Å². The number of hydrogen-bond donors (Lipinski definition) is 4. The van der Waals surface area contributed by atoms with Crippen LogP contribution in [0.1, 0.15) is 28.4 Å². The van der Waals surface area contributed by atoms with E-state index in [1.807, 2.05) is 0 Å². The molecule has 3 aromatic rings. The number of benzene rings is 1. The van der Waals surface area contributed by atoms with Crippen LogP contribution in [0.15, 0.2) is 48.8 Å². The Kier molecular flexibility index (Phi) is 7.20. The van der Waals surface area contributed by atoms with Gasteiger partial charge in [-0.25, -0.2) is 18.4 Å². The number of nitrogens with zero attached hydrogens (tertiary/aromatic N) is 3. The molecule has 5 N–H and O–H groups in total. The van der Waals surface area contributed by atoms with Gasteiger partial charge in [0.1, 0.15) is 17.2 Å². The molecule has 0 saturated carbocycles. The lowest BCUT2D eigenvalue weighted by Crippen LogP contribution is -2.18. The van der Waals surface area contributed by atoms with E-state index >= 15 is 0 Å². The number of para-hydroxylation sites is 1. The highest BCUT2D eigenvalue weighted by atomic mass is 32.2. The Bertz CT molecular complexity index is 1300. The van der Waals surface area contributed by atoms with Crippen LogP contribution in [0.25, 0.3) is 0 Å². The number of aromatic nitrogens is 3. The molecule has 0 radical (unpaired) electrons. The number of sulfonamides is 1. The van der Waals surface area contributed by atoms with Crippen LogP contribution in [0.4, 0.5) is 36.4 Å². The zero-order valence-electron chi connectivity index (χ0n) is 17.7. The topological polar surface area (TPSA) is 152 Å². The van der Waals surface area contributed by atoms with Gasteiger partial charge in [0.15, 0.2) is 0 Å². The minimum absolute atomic E-state index is 0.0202. The average molecular weight is 495 g/mol. The summed E-state index contributed by atoms with van der Waals surface area (Å²) in [5.41, 5.74) is 4.79. The van der Waals surface area contributed by atoms with E-state index in [1.165, 1.54) is 37.4 Å². The molecule has 0 atom stereocenters. The van der Waals surface area contributed by atoms with E-state index in [4.69, 9.17) is 5.73 Å². The fourth-order valence-corrected chi connectivity index (χ4v) is 3.41. The summed E-state index contributed by atoms with van der Waals surface area (Å²) in [4.78, 5) is 23.2. The summed E-state index contributed by atoms with van der Waals surface area (Å²) in [6, 6.07) is 9.12. The zero-order valence-corrected chi connectivity index (χ0v) is 18.5. The van der Waals surface area contributed by atoms with E-state index in [1.54, 1.807) is 12.1 Å². The van der Waals surface area contributed by atoms with Gasteiger partial charge in [-0.15, -0.1) is 0 Å². The molecule has 2 aromatic heterocycles. The van der Waals surface area contributed by atoms with Crippen molar-refractivity contribution in [3.63, 3.8) is 0 Å². The van der Waals surface area contributed by atoms with Crippen molar-refractivity contribution < 1.29 is 26.4 Å². The predicted octanol–water partition coefficient (Wildman–Crippen LogP) is 3.11. The molecule has 0 fully saturated rings. The van der Waals surface area contributed by atoms with Crippen LogP contribution in [0, 0.1) is 0 Å². The number of nitrogens with two attached hydrogens (primary N) is 1. The first-order valence-electron chi connectivity index (χ1n) is 9.78. The summed E-state index contributed by atoms with van der Waals surface area (Å²) in [6.45, 7) is 1.21. The lowest BCUT2D eigenvalue weighted by molar-refractivity contribution is -0.137. The number of alkyl halides is 3. The first kappa shape index (κ1) is 24.7. The van der Waals surface area contributed by atoms with E-state index < -0.39 is 33.5 Å². The standard InChI is InChI=1S/C20H20F3N7O3S/c1-2-34(32,33)30-17-12(6-5-9-25-17)10-26-18-14(20(21,22)23)11-27-19(29-18)28-15-8-4-3-7-13(15)16(24)31/h3-9,11H,2,10H2,1H3,(H2,24,31)(H,25,30)(H2,26,27,28,29). The van der Waals surface area contributed by atoms with Gasteiger partial charge >= 0.3 is 6.18 Å². The zero-order chi connectivity index (χ0) is 24.9. The van der Waals surface area contributed by atoms with E-state index in [-0.39, 0.29) is 35.3 Å². The third-order valence-corrected chi connectivity index (χ3v) is 5.77. The fraction of sp³-hybridized carbons (Fsp3) is 0.200. The summed E-state index contributed by atoms with van der Waals surface area (Å²) >= 11 is 0. The maximum Gasteiger partial charge on any atom is 0.421 e. The Morgan fingerprint density at radius 2 is 1.82 bits per heavy atom. The monoisotopic (exact) mass is 495 g/mol. The van der Waals surface area contributed by atoms with Crippen LogP contribution in [0.5, 0.6) is 0 Å². The van der Waals surface area contributed by atoms with Crippen molar-refractivity contribution in [1.82, 2.24) is 15.0 Å². The Hall–Kier alpha value is -3.94. The second-order valence-electron chi connectivity index (χ2n) is 6.86. The highest BCUT2D eigenvalue weighted by Crippen LogP contribution is 2.34. The van der Waals surface area contributed by atoms with Crippen molar-refractivity contribution in [2.75, 3.05) is 21.1 Å². The molecule has 0 spiro atoms. The van der Waals surface area contributed by atoms with Gasteiger partial charge in [-0.2, -0.15) is 18.2 Å². The number of halogens is 3. The molecule has 2 heterocycles. The smallest absolute Gasteiger partial charge is 0.366 e.